The maximum atomic E-state index is 2.56. The third-order valence-electron chi connectivity index (χ3n) is 11.2. The molecule has 0 N–H and O–H groups in total. The summed E-state index contributed by atoms with van der Waals surface area (Å²) in [6, 6.07) is 71.5. The van der Waals surface area contributed by atoms with Crippen LogP contribution in [-0.4, -0.2) is 17.6 Å². The first-order valence-electron chi connectivity index (χ1n) is 18.9. The Balaban J connectivity index is 1.05. The second kappa shape index (κ2) is 13.9. The fourth-order valence-corrected chi connectivity index (χ4v) is 12.3. The zero-order valence-electron chi connectivity index (χ0n) is 30.2. The molecular weight excluding hydrogens is 897 g/mol. The maximum absolute atomic E-state index is 2.56. The van der Waals surface area contributed by atoms with Crippen molar-refractivity contribution in [3.8, 4) is 22.3 Å². The van der Waals surface area contributed by atoms with E-state index in [1.54, 1.807) is 0 Å². The zero-order valence-corrected chi connectivity index (χ0v) is 34.1. The fraction of sp³-hybridized carbons (Fsp3) is 0. The van der Waals surface area contributed by atoms with E-state index < -0.39 is 0 Å². The minimum atomic E-state index is 0.0103. The molecule has 266 valence electrons. The van der Waals surface area contributed by atoms with E-state index in [4.69, 9.17) is 0 Å². The van der Waals surface area contributed by atoms with E-state index >= 15 is 0 Å². The number of rotatable bonds is 6. The van der Waals surface area contributed by atoms with Gasteiger partial charge in [-0.15, -0.1) is 0 Å². The molecule has 0 saturated carbocycles. The molecule has 56 heavy (non-hydrogen) atoms. The van der Waals surface area contributed by atoms with Crippen molar-refractivity contribution < 1.29 is 19.4 Å². The Morgan fingerprint density at radius 1 is 0.357 bits per heavy atom. The Hall–Kier alpha value is -5.51. The van der Waals surface area contributed by atoms with Crippen LogP contribution in [0.3, 0.4) is 0 Å². The summed E-state index contributed by atoms with van der Waals surface area (Å²) in [7, 11) is 0. The van der Waals surface area contributed by atoms with Gasteiger partial charge in [0.15, 0.2) is 0 Å². The molecule has 0 radical (unpaired) electrons. The van der Waals surface area contributed by atoms with Crippen LogP contribution < -0.4 is 20.5 Å². The summed E-state index contributed by atoms with van der Waals surface area (Å²) >= 11 is 6.34. The van der Waals surface area contributed by atoms with Crippen LogP contribution in [0.25, 0.3) is 62.6 Å². The molecule has 0 aliphatic carbocycles. The monoisotopic (exact) mass is 929 g/mol. The summed E-state index contributed by atoms with van der Waals surface area (Å²) in [4.78, 5) is 5.07. The van der Waals surface area contributed by atoms with Gasteiger partial charge in [-0.1, -0.05) is 24.3 Å². The molecule has 8 aromatic carbocycles. The molecule has 0 amide bonds. The molecule has 1 saturated heterocycles. The molecule has 1 fully saturated rings. The average molecular weight is 930 g/mol. The quantitative estimate of drug-likeness (QED) is 0.153. The molecule has 1 aliphatic heterocycles. The molecule has 11 rings (SSSR count). The Morgan fingerprint density at radius 3 is 1.16 bits per heavy atom. The van der Waals surface area contributed by atoms with Gasteiger partial charge in [-0.25, -0.2) is 0 Å². The third-order valence-corrected chi connectivity index (χ3v) is 14.8. The van der Waals surface area contributed by atoms with E-state index in [2.05, 4.69) is 223 Å². The van der Waals surface area contributed by atoms with Crippen LogP contribution in [0.2, 0.25) is 0 Å². The van der Waals surface area contributed by atoms with E-state index in [9.17, 15) is 0 Å². The summed E-state index contributed by atoms with van der Waals surface area (Å²) in [5, 5.41) is 5.31. The van der Waals surface area contributed by atoms with Gasteiger partial charge in [0.05, 0.1) is 0 Å². The first-order valence-corrected chi connectivity index (χ1v) is 21.7. The molecule has 10 aromatic rings. The Morgan fingerprint density at radius 2 is 0.732 bits per heavy atom. The van der Waals surface area contributed by atoms with Crippen molar-refractivity contribution in [3.05, 3.63) is 194 Å². The number of thiophene rings is 2. The van der Waals surface area contributed by atoms with Gasteiger partial charge in [0.25, 0.3) is 0 Å². The fourth-order valence-electron chi connectivity index (χ4n) is 8.64. The SMILES string of the molecule is [Pt]=[C]1N(c2ccccc2)B(c2ccc(-c3cccc4c3sc3ccccc34)cc2)B(c2ccc(-c3cccc4c3sc3ccccc34)cc2)N1c1ccccc1. The van der Waals surface area contributed by atoms with Crippen molar-refractivity contribution in [1.29, 1.82) is 0 Å². The molecule has 0 bridgehead atoms. The predicted molar refractivity (Wildman–Crippen MR) is 243 cm³/mol. The molecule has 0 unspecified atom stereocenters. The average Bonchev–Trinajstić information content (AvgIpc) is 3.94. The van der Waals surface area contributed by atoms with E-state index in [0.717, 1.165) is 0 Å². The number of nitrogens with zero attached hydrogens (tertiary/aromatic N) is 2. The summed E-state index contributed by atoms with van der Waals surface area (Å²) in [6.07, 6.45) is 0. The normalized spacial score (nSPS) is 13.3. The molecular formula is C49H32B2N2PtS2. The second-order valence-electron chi connectivity index (χ2n) is 14.3. The van der Waals surface area contributed by atoms with Crippen molar-refractivity contribution in [2.75, 3.05) is 9.62 Å². The van der Waals surface area contributed by atoms with Gasteiger partial charge in [-0.3, -0.25) is 0 Å². The standard InChI is InChI=1S/C49H32B2N2S2.Pt/c1-3-13-38(14-4-1)52-33-53(39-15-5-2-6-16-39)51(37-31-27-35(28-32-37)41-20-12-22-45-43-18-8-10-24-47(43)55-49(41)45)50(52)36-29-25-34(26-30-36)40-19-11-21-44-42-17-7-9-23-46(42)54-48(40)44;/h1-32H;. The van der Waals surface area contributed by atoms with Crippen LogP contribution in [0.1, 0.15) is 0 Å². The van der Waals surface area contributed by atoms with Crippen molar-refractivity contribution in [2.45, 2.75) is 0 Å². The van der Waals surface area contributed by atoms with Crippen molar-refractivity contribution in [2.24, 2.45) is 0 Å². The number of para-hydroxylation sites is 2. The zero-order chi connectivity index (χ0) is 37.2. The van der Waals surface area contributed by atoms with Crippen LogP contribution in [0.4, 0.5) is 11.4 Å². The molecule has 7 heteroatoms. The van der Waals surface area contributed by atoms with Crippen LogP contribution in [-0.2, 0) is 19.4 Å². The van der Waals surface area contributed by atoms with Gasteiger partial charge >= 0.3 is 324 Å². The van der Waals surface area contributed by atoms with Crippen LogP contribution in [0.5, 0.6) is 0 Å². The van der Waals surface area contributed by atoms with Gasteiger partial charge in [0.2, 0.25) is 0 Å². The van der Waals surface area contributed by atoms with E-state index in [0.29, 0.717) is 0 Å². The van der Waals surface area contributed by atoms with Crippen molar-refractivity contribution in [3.63, 3.8) is 0 Å². The first kappa shape index (κ1) is 33.8. The Kier molecular flexibility index (Phi) is 8.39. The molecule has 2 aromatic heterocycles. The number of benzene rings is 8. The molecule has 3 heterocycles. The molecule has 1 aliphatic rings. The van der Waals surface area contributed by atoms with Gasteiger partial charge in [-0.05, 0) is 0 Å². The topological polar surface area (TPSA) is 6.48 Å². The number of fused-ring (bicyclic) bond motifs is 6. The van der Waals surface area contributed by atoms with E-state index in [1.807, 2.05) is 22.7 Å². The summed E-state index contributed by atoms with van der Waals surface area (Å²) < 4.78 is 6.52. The Labute approximate surface area is 345 Å². The Bertz CT molecular complexity index is 2860. The van der Waals surface area contributed by atoms with Gasteiger partial charge < -0.3 is 0 Å². The molecule has 0 spiro atoms. The van der Waals surface area contributed by atoms with Crippen molar-refractivity contribution in [1.82, 2.24) is 0 Å². The van der Waals surface area contributed by atoms with Gasteiger partial charge in [-0.2, -0.15) is 0 Å². The first-order chi connectivity index (χ1) is 27.7. The molecule has 2 nitrogen and oxygen atoms in total. The molecule has 0 atom stereocenters. The number of hydrogen-bond donors (Lipinski definition) is 0. The van der Waals surface area contributed by atoms with Crippen molar-refractivity contribution >= 4 is 103 Å². The predicted octanol–water partition coefficient (Wildman–Crippen LogP) is 11.6. The second-order valence-corrected chi connectivity index (χ2v) is 17.5. The van der Waals surface area contributed by atoms with E-state index in [1.165, 1.54) is 89.0 Å². The minimum absolute atomic E-state index is 0.0103. The van der Waals surface area contributed by atoms with E-state index in [-0.39, 0.29) is 13.5 Å². The van der Waals surface area contributed by atoms with Gasteiger partial charge in [0.1, 0.15) is 0 Å². The number of hydrogen-bond acceptors (Lipinski definition) is 4. The van der Waals surface area contributed by atoms with Crippen LogP contribution >= 0.6 is 22.7 Å². The van der Waals surface area contributed by atoms with Crippen LogP contribution in [0, 0.1) is 0 Å². The number of anilines is 2. The third kappa shape index (κ3) is 5.54. The van der Waals surface area contributed by atoms with Gasteiger partial charge in [0, 0.05) is 0 Å². The summed E-state index contributed by atoms with van der Waals surface area (Å²) in [5.74, 6) is 0. The van der Waals surface area contributed by atoms with Crippen LogP contribution in [0.15, 0.2) is 194 Å². The summed E-state index contributed by atoms with van der Waals surface area (Å²) in [5.41, 5.74) is 9.97. The summed E-state index contributed by atoms with van der Waals surface area (Å²) in [6.45, 7) is 0.0207.